The van der Waals surface area contributed by atoms with Gasteiger partial charge in [0.05, 0.1) is 14.2 Å². The lowest BCUT2D eigenvalue weighted by Crippen LogP contribution is -2.39. The van der Waals surface area contributed by atoms with E-state index in [1.807, 2.05) is 12.1 Å². The molecule has 1 aromatic rings. The fourth-order valence-electron chi connectivity index (χ4n) is 2.80. The Balaban J connectivity index is 2.53. The van der Waals surface area contributed by atoms with Crippen LogP contribution in [-0.4, -0.2) is 14.2 Å². The summed E-state index contributed by atoms with van der Waals surface area (Å²) in [6, 6.07) is 3.89. The van der Waals surface area contributed by atoms with Crippen molar-refractivity contribution < 1.29 is 9.47 Å². The van der Waals surface area contributed by atoms with Crippen molar-refractivity contribution in [1.29, 1.82) is 0 Å². The van der Waals surface area contributed by atoms with Crippen LogP contribution < -0.4 is 15.2 Å². The lowest BCUT2D eigenvalue weighted by molar-refractivity contribution is 0.281. The van der Waals surface area contributed by atoms with Gasteiger partial charge in [0, 0.05) is 15.6 Å². The van der Waals surface area contributed by atoms with Gasteiger partial charge < -0.3 is 15.2 Å². The number of methoxy groups -OCH3 is 2. The van der Waals surface area contributed by atoms with Crippen LogP contribution in [0.3, 0.4) is 0 Å². The Morgan fingerprint density at radius 3 is 2.33 bits per heavy atom. The van der Waals surface area contributed by atoms with E-state index in [2.05, 4.69) is 15.9 Å². The minimum Gasteiger partial charge on any atom is -0.493 e. The quantitative estimate of drug-likeness (QED) is 0.927. The molecule has 1 fully saturated rings. The molecule has 4 heteroatoms. The molecule has 18 heavy (non-hydrogen) atoms. The van der Waals surface area contributed by atoms with Crippen LogP contribution in [-0.2, 0) is 5.54 Å². The van der Waals surface area contributed by atoms with Gasteiger partial charge in [0.15, 0.2) is 11.5 Å². The van der Waals surface area contributed by atoms with Gasteiger partial charge in [-0.15, -0.1) is 0 Å². The third-order valence-corrected chi connectivity index (χ3v) is 4.40. The Morgan fingerprint density at radius 1 is 1.11 bits per heavy atom. The largest absolute Gasteiger partial charge is 0.493 e. The van der Waals surface area contributed by atoms with Crippen molar-refractivity contribution in [2.45, 2.75) is 37.6 Å². The minimum atomic E-state index is -0.309. The van der Waals surface area contributed by atoms with Gasteiger partial charge in [-0.1, -0.05) is 35.2 Å². The van der Waals surface area contributed by atoms with Gasteiger partial charge >= 0.3 is 0 Å². The molecule has 0 aromatic heterocycles. The van der Waals surface area contributed by atoms with Crippen LogP contribution in [0.1, 0.15) is 37.7 Å². The van der Waals surface area contributed by atoms with Gasteiger partial charge in [0.1, 0.15) is 0 Å². The summed E-state index contributed by atoms with van der Waals surface area (Å²) in [6.45, 7) is 0. The maximum Gasteiger partial charge on any atom is 0.166 e. The van der Waals surface area contributed by atoms with Gasteiger partial charge in [0.25, 0.3) is 0 Å². The predicted molar refractivity (Wildman–Crippen MR) is 76.2 cm³/mol. The first-order valence-corrected chi connectivity index (χ1v) is 7.11. The maximum absolute atomic E-state index is 6.62. The van der Waals surface area contributed by atoms with Crippen molar-refractivity contribution in [3.63, 3.8) is 0 Å². The molecule has 1 aromatic carbocycles. The van der Waals surface area contributed by atoms with E-state index in [1.165, 1.54) is 19.3 Å². The molecule has 0 bridgehead atoms. The summed E-state index contributed by atoms with van der Waals surface area (Å²) in [4.78, 5) is 0. The monoisotopic (exact) mass is 313 g/mol. The molecule has 1 saturated carbocycles. The zero-order chi connectivity index (χ0) is 13.2. The van der Waals surface area contributed by atoms with E-state index in [-0.39, 0.29) is 5.54 Å². The number of rotatable bonds is 3. The first-order valence-electron chi connectivity index (χ1n) is 6.32. The summed E-state index contributed by atoms with van der Waals surface area (Å²) >= 11 is 3.61. The van der Waals surface area contributed by atoms with Crippen molar-refractivity contribution in [2.24, 2.45) is 5.73 Å². The molecule has 100 valence electrons. The van der Waals surface area contributed by atoms with Crippen molar-refractivity contribution in [3.8, 4) is 11.5 Å². The lowest BCUT2D eigenvalue weighted by atomic mass is 9.77. The lowest BCUT2D eigenvalue weighted by Gasteiger charge is -2.36. The fraction of sp³-hybridized carbons (Fsp3) is 0.571. The van der Waals surface area contributed by atoms with E-state index in [1.54, 1.807) is 14.2 Å². The molecule has 0 amide bonds. The van der Waals surface area contributed by atoms with Crippen LogP contribution in [0.25, 0.3) is 0 Å². The van der Waals surface area contributed by atoms with E-state index < -0.39 is 0 Å². The van der Waals surface area contributed by atoms with E-state index in [4.69, 9.17) is 15.2 Å². The van der Waals surface area contributed by atoms with Gasteiger partial charge in [-0.3, -0.25) is 0 Å². The van der Waals surface area contributed by atoms with Crippen LogP contribution in [0.2, 0.25) is 0 Å². The highest BCUT2D eigenvalue weighted by Gasteiger charge is 2.35. The van der Waals surface area contributed by atoms with Crippen molar-refractivity contribution >= 4 is 15.9 Å². The summed E-state index contributed by atoms with van der Waals surface area (Å²) in [5, 5.41) is 0. The summed E-state index contributed by atoms with van der Waals surface area (Å²) in [6.07, 6.45) is 5.60. The number of hydrogen-bond acceptors (Lipinski definition) is 3. The van der Waals surface area contributed by atoms with Crippen molar-refractivity contribution in [1.82, 2.24) is 0 Å². The number of halogens is 1. The first-order chi connectivity index (χ1) is 8.62. The summed E-state index contributed by atoms with van der Waals surface area (Å²) in [5.41, 5.74) is 7.35. The molecule has 0 saturated heterocycles. The maximum atomic E-state index is 6.62. The van der Waals surface area contributed by atoms with Crippen LogP contribution in [0.5, 0.6) is 11.5 Å². The molecular formula is C14H20BrNO2. The molecule has 2 rings (SSSR count). The van der Waals surface area contributed by atoms with Gasteiger partial charge in [-0.05, 0) is 25.0 Å². The summed E-state index contributed by atoms with van der Waals surface area (Å²) in [5.74, 6) is 1.50. The van der Waals surface area contributed by atoms with Gasteiger partial charge in [0.2, 0.25) is 0 Å². The molecule has 0 atom stereocenters. The Kier molecular flexibility index (Phi) is 4.17. The van der Waals surface area contributed by atoms with Crippen molar-refractivity contribution in [3.05, 3.63) is 22.2 Å². The molecule has 3 nitrogen and oxygen atoms in total. The van der Waals surface area contributed by atoms with Crippen LogP contribution in [0.15, 0.2) is 16.6 Å². The normalized spacial score (nSPS) is 18.4. The van der Waals surface area contributed by atoms with Crippen LogP contribution in [0.4, 0.5) is 0 Å². The van der Waals surface area contributed by atoms with Crippen LogP contribution in [0, 0.1) is 0 Å². The molecular weight excluding hydrogens is 294 g/mol. The third kappa shape index (κ3) is 2.36. The molecule has 0 aliphatic heterocycles. The summed E-state index contributed by atoms with van der Waals surface area (Å²) in [7, 11) is 3.32. The van der Waals surface area contributed by atoms with Gasteiger partial charge in [-0.2, -0.15) is 0 Å². The molecule has 0 radical (unpaired) electrons. The molecule has 0 unspecified atom stereocenters. The SMILES string of the molecule is COc1ccc(Br)c(C2(N)CCCCC2)c1OC. The molecule has 0 spiro atoms. The number of nitrogens with two attached hydrogens (primary N) is 1. The second-order valence-corrected chi connectivity index (χ2v) is 5.73. The second kappa shape index (κ2) is 5.49. The first kappa shape index (κ1) is 13.7. The fourth-order valence-corrected chi connectivity index (χ4v) is 3.51. The average Bonchev–Trinajstić information content (AvgIpc) is 2.38. The highest BCUT2D eigenvalue weighted by Crippen LogP contribution is 2.46. The highest BCUT2D eigenvalue weighted by atomic mass is 79.9. The molecule has 2 N–H and O–H groups in total. The zero-order valence-corrected chi connectivity index (χ0v) is 12.5. The standard InChI is InChI=1S/C14H20BrNO2/c1-17-11-7-6-10(15)12(13(11)18-2)14(16)8-4-3-5-9-14/h6-7H,3-5,8-9,16H2,1-2H3. The average molecular weight is 314 g/mol. The Bertz CT molecular complexity index is 428. The van der Waals surface area contributed by atoms with E-state index in [0.29, 0.717) is 0 Å². The number of ether oxygens (including phenoxy) is 2. The molecule has 0 heterocycles. The highest BCUT2D eigenvalue weighted by molar-refractivity contribution is 9.10. The molecule has 1 aliphatic rings. The molecule has 1 aliphatic carbocycles. The van der Waals surface area contributed by atoms with Crippen molar-refractivity contribution in [2.75, 3.05) is 14.2 Å². The Hall–Kier alpha value is -0.740. The Labute approximate surface area is 117 Å². The van der Waals surface area contributed by atoms with E-state index >= 15 is 0 Å². The summed E-state index contributed by atoms with van der Waals surface area (Å²) < 4.78 is 11.9. The topological polar surface area (TPSA) is 44.5 Å². The zero-order valence-electron chi connectivity index (χ0n) is 11.0. The second-order valence-electron chi connectivity index (χ2n) is 4.87. The van der Waals surface area contributed by atoms with Gasteiger partial charge in [-0.25, -0.2) is 0 Å². The van der Waals surface area contributed by atoms with Crippen LogP contribution >= 0.6 is 15.9 Å². The third-order valence-electron chi connectivity index (χ3n) is 3.74. The minimum absolute atomic E-state index is 0.309. The van der Waals surface area contributed by atoms with E-state index in [0.717, 1.165) is 34.4 Å². The van der Waals surface area contributed by atoms with E-state index in [9.17, 15) is 0 Å². The predicted octanol–water partition coefficient (Wildman–Crippen LogP) is 3.58. The Morgan fingerprint density at radius 2 is 1.78 bits per heavy atom. The number of hydrogen-bond donors (Lipinski definition) is 1. The number of benzene rings is 1. The smallest absolute Gasteiger partial charge is 0.166 e.